The Morgan fingerprint density at radius 3 is 2.53 bits per heavy atom. The summed E-state index contributed by atoms with van der Waals surface area (Å²) in [4.78, 5) is 11.5. The van der Waals surface area contributed by atoms with Crippen LogP contribution in [0.15, 0.2) is 18.2 Å². The molecule has 0 atom stereocenters. The zero-order valence-corrected chi connectivity index (χ0v) is 10.6. The minimum absolute atomic E-state index is 0.0472. The molecule has 0 unspecified atom stereocenters. The molecule has 0 amide bonds. The number of carbonyl (C=O) groups excluding carboxylic acids is 1. The molecular weight excluding hydrogens is 301 g/mol. The highest BCUT2D eigenvalue weighted by molar-refractivity contribution is 9.09. The van der Waals surface area contributed by atoms with Crippen LogP contribution in [-0.2, 0) is 6.42 Å². The van der Waals surface area contributed by atoms with E-state index >= 15 is 0 Å². The van der Waals surface area contributed by atoms with E-state index < -0.39 is 17.9 Å². The van der Waals surface area contributed by atoms with Crippen LogP contribution in [0.1, 0.15) is 22.8 Å². The van der Waals surface area contributed by atoms with Crippen molar-refractivity contribution in [1.29, 1.82) is 0 Å². The Labute approximate surface area is 105 Å². The Morgan fingerprint density at radius 1 is 1.41 bits per heavy atom. The number of halogens is 4. The van der Waals surface area contributed by atoms with Gasteiger partial charge in [-0.2, -0.15) is 0 Å². The predicted molar refractivity (Wildman–Crippen MR) is 60.6 cm³/mol. The van der Waals surface area contributed by atoms with E-state index in [0.717, 1.165) is 5.56 Å². The number of ether oxygens (including phenoxy) is 1. The van der Waals surface area contributed by atoms with E-state index in [-0.39, 0.29) is 10.9 Å². The molecule has 0 aliphatic rings. The van der Waals surface area contributed by atoms with Crippen LogP contribution in [0, 0.1) is 0 Å². The van der Waals surface area contributed by atoms with Crippen molar-refractivity contribution in [3.05, 3.63) is 29.3 Å². The molecule has 0 fully saturated rings. The summed E-state index contributed by atoms with van der Waals surface area (Å²) in [6, 6.07) is 4.10. The topological polar surface area (TPSA) is 26.3 Å². The number of alkyl halides is 4. The van der Waals surface area contributed by atoms with Crippen LogP contribution < -0.4 is 4.74 Å². The fraction of sp³-hybridized carbons (Fsp3) is 0.364. The van der Waals surface area contributed by atoms with E-state index in [0.29, 0.717) is 6.42 Å². The van der Waals surface area contributed by atoms with Crippen molar-refractivity contribution in [3.63, 3.8) is 0 Å². The van der Waals surface area contributed by atoms with Gasteiger partial charge in [-0.25, -0.2) is 0 Å². The van der Waals surface area contributed by atoms with Gasteiger partial charge in [-0.05, 0) is 24.1 Å². The smallest absolute Gasteiger partial charge is 0.405 e. The molecule has 0 N–H and O–H groups in total. The Bertz CT molecular complexity index is 416. The van der Waals surface area contributed by atoms with Gasteiger partial charge in [0.2, 0.25) is 0 Å². The van der Waals surface area contributed by atoms with Gasteiger partial charge in [0.15, 0.2) is 5.78 Å². The molecule has 1 rings (SSSR count). The number of hydrogen-bond donors (Lipinski definition) is 0. The Morgan fingerprint density at radius 2 is 2.06 bits per heavy atom. The number of ketones is 1. The summed E-state index contributed by atoms with van der Waals surface area (Å²) in [6.07, 6.45) is -4.16. The van der Waals surface area contributed by atoms with Crippen LogP contribution in [0.25, 0.3) is 0 Å². The van der Waals surface area contributed by atoms with E-state index in [1.807, 2.05) is 6.92 Å². The zero-order chi connectivity index (χ0) is 13.1. The minimum atomic E-state index is -4.80. The van der Waals surface area contributed by atoms with Gasteiger partial charge in [-0.15, -0.1) is 13.2 Å². The first-order chi connectivity index (χ1) is 7.87. The van der Waals surface area contributed by atoms with Crippen molar-refractivity contribution in [2.75, 3.05) is 5.33 Å². The van der Waals surface area contributed by atoms with Gasteiger partial charge in [0.25, 0.3) is 0 Å². The van der Waals surface area contributed by atoms with Gasteiger partial charge in [0.1, 0.15) is 5.75 Å². The first-order valence-electron chi connectivity index (χ1n) is 4.85. The van der Waals surface area contributed by atoms with Gasteiger partial charge < -0.3 is 4.74 Å². The Hall–Kier alpha value is -1.04. The number of carbonyl (C=O) groups is 1. The molecule has 6 heteroatoms. The number of aryl methyl sites for hydroxylation is 1. The fourth-order valence-electron chi connectivity index (χ4n) is 1.30. The molecule has 17 heavy (non-hydrogen) atoms. The summed E-state index contributed by atoms with van der Waals surface area (Å²) in [7, 11) is 0. The number of benzene rings is 1. The number of rotatable bonds is 4. The van der Waals surface area contributed by atoms with Crippen LogP contribution in [0.3, 0.4) is 0 Å². The second-order valence-electron chi connectivity index (χ2n) is 3.29. The lowest BCUT2D eigenvalue weighted by Gasteiger charge is -2.13. The molecule has 0 aliphatic heterocycles. The van der Waals surface area contributed by atoms with E-state index in [9.17, 15) is 18.0 Å². The molecular formula is C11H10BrF3O2. The molecule has 0 radical (unpaired) electrons. The van der Waals surface area contributed by atoms with Crippen LogP contribution in [-0.4, -0.2) is 17.5 Å². The summed E-state index contributed by atoms with van der Waals surface area (Å²) < 4.78 is 40.2. The standard InChI is InChI=1S/C11H10BrF3O2/c1-2-7-3-4-10(17-11(13,14)15)8(5-7)9(16)6-12/h3-5H,2,6H2,1H3. The molecule has 0 saturated heterocycles. The van der Waals surface area contributed by atoms with Crippen LogP contribution in [0.5, 0.6) is 5.75 Å². The highest BCUT2D eigenvalue weighted by atomic mass is 79.9. The summed E-state index contributed by atoms with van der Waals surface area (Å²) in [5, 5.41) is -0.0472. The fourth-order valence-corrected chi connectivity index (χ4v) is 1.60. The second-order valence-corrected chi connectivity index (χ2v) is 3.85. The lowest BCUT2D eigenvalue weighted by molar-refractivity contribution is -0.274. The molecule has 94 valence electrons. The van der Waals surface area contributed by atoms with Crippen LogP contribution >= 0.6 is 15.9 Å². The monoisotopic (exact) mass is 310 g/mol. The van der Waals surface area contributed by atoms with E-state index in [1.54, 1.807) is 0 Å². The lowest BCUT2D eigenvalue weighted by atomic mass is 10.1. The SMILES string of the molecule is CCc1ccc(OC(F)(F)F)c(C(=O)CBr)c1. The summed E-state index contributed by atoms with van der Waals surface area (Å²) in [5.41, 5.74) is 0.724. The van der Waals surface area contributed by atoms with Crippen LogP contribution in [0.4, 0.5) is 13.2 Å². The summed E-state index contributed by atoms with van der Waals surface area (Å²) in [5.74, 6) is -0.904. The van der Waals surface area contributed by atoms with Crippen molar-refractivity contribution >= 4 is 21.7 Å². The van der Waals surface area contributed by atoms with Crippen molar-refractivity contribution in [2.24, 2.45) is 0 Å². The van der Waals surface area contributed by atoms with Gasteiger partial charge in [0, 0.05) is 0 Å². The highest BCUT2D eigenvalue weighted by Gasteiger charge is 2.32. The average molecular weight is 311 g/mol. The Balaban J connectivity index is 3.15. The third kappa shape index (κ3) is 4.03. The number of Topliss-reactive ketones (excluding diaryl/α,β-unsaturated/α-hetero) is 1. The maximum absolute atomic E-state index is 12.1. The maximum atomic E-state index is 12.1. The van der Waals surface area contributed by atoms with Gasteiger partial charge in [-0.1, -0.05) is 28.9 Å². The van der Waals surface area contributed by atoms with E-state index in [4.69, 9.17) is 0 Å². The van der Waals surface area contributed by atoms with Crippen LogP contribution in [0.2, 0.25) is 0 Å². The second kappa shape index (κ2) is 5.53. The lowest BCUT2D eigenvalue weighted by Crippen LogP contribution is -2.19. The predicted octanol–water partition coefficient (Wildman–Crippen LogP) is 3.73. The third-order valence-corrected chi connectivity index (χ3v) is 2.61. The van der Waals surface area contributed by atoms with E-state index in [1.165, 1.54) is 18.2 Å². The van der Waals surface area contributed by atoms with Crippen molar-refractivity contribution < 1.29 is 22.7 Å². The molecule has 0 aromatic heterocycles. The first-order valence-corrected chi connectivity index (χ1v) is 5.97. The Kier molecular flexibility index (Phi) is 4.56. The molecule has 0 bridgehead atoms. The van der Waals surface area contributed by atoms with Crippen molar-refractivity contribution in [2.45, 2.75) is 19.7 Å². The first kappa shape index (κ1) is 14.0. The van der Waals surface area contributed by atoms with Gasteiger partial charge >= 0.3 is 6.36 Å². The zero-order valence-electron chi connectivity index (χ0n) is 8.97. The van der Waals surface area contributed by atoms with E-state index in [2.05, 4.69) is 20.7 Å². The molecule has 0 saturated carbocycles. The third-order valence-electron chi connectivity index (χ3n) is 2.10. The molecule has 2 nitrogen and oxygen atoms in total. The molecule has 1 aromatic carbocycles. The quantitative estimate of drug-likeness (QED) is 0.626. The van der Waals surface area contributed by atoms with Crippen molar-refractivity contribution in [3.8, 4) is 5.75 Å². The minimum Gasteiger partial charge on any atom is -0.405 e. The molecule has 0 heterocycles. The summed E-state index contributed by atoms with van der Waals surface area (Å²) in [6.45, 7) is 1.85. The highest BCUT2D eigenvalue weighted by Crippen LogP contribution is 2.28. The summed E-state index contributed by atoms with van der Waals surface area (Å²) >= 11 is 2.93. The molecule has 0 aliphatic carbocycles. The number of hydrogen-bond acceptors (Lipinski definition) is 2. The van der Waals surface area contributed by atoms with Crippen molar-refractivity contribution in [1.82, 2.24) is 0 Å². The maximum Gasteiger partial charge on any atom is 0.573 e. The molecule has 1 aromatic rings. The van der Waals surface area contributed by atoms with Gasteiger partial charge in [0.05, 0.1) is 10.9 Å². The average Bonchev–Trinajstić information content (AvgIpc) is 2.26. The van der Waals surface area contributed by atoms with Gasteiger partial charge in [-0.3, -0.25) is 4.79 Å². The normalized spacial score (nSPS) is 11.4. The largest absolute Gasteiger partial charge is 0.573 e. The molecule has 0 spiro atoms.